The van der Waals surface area contributed by atoms with Gasteiger partial charge in [0.05, 0.1) is 18.7 Å². The van der Waals surface area contributed by atoms with Crippen LogP contribution in [0, 0.1) is 11.7 Å². The maximum atomic E-state index is 13.2. The SMILES string of the molecule is COC(=O)C1=C(C)N(CCC(C)C)C(=O)NC1c1ccc(F)cc1. The van der Waals surface area contributed by atoms with Gasteiger partial charge in [0.2, 0.25) is 0 Å². The van der Waals surface area contributed by atoms with Crippen LogP contribution >= 0.6 is 0 Å². The number of carbonyl (C=O) groups is 2. The van der Waals surface area contributed by atoms with E-state index in [0.717, 1.165) is 6.42 Å². The van der Waals surface area contributed by atoms with Crippen LogP contribution in [-0.2, 0) is 9.53 Å². The number of nitrogens with one attached hydrogen (secondary N) is 1. The summed E-state index contributed by atoms with van der Waals surface area (Å²) in [5.41, 5.74) is 1.57. The monoisotopic (exact) mass is 334 g/mol. The van der Waals surface area contributed by atoms with Crippen molar-refractivity contribution < 1.29 is 18.7 Å². The second-order valence-corrected chi connectivity index (χ2v) is 6.26. The van der Waals surface area contributed by atoms with E-state index in [1.165, 1.54) is 19.2 Å². The van der Waals surface area contributed by atoms with E-state index in [9.17, 15) is 14.0 Å². The third-order valence-corrected chi connectivity index (χ3v) is 4.14. The van der Waals surface area contributed by atoms with Crippen LogP contribution in [0.5, 0.6) is 0 Å². The van der Waals surface area contributed by atoms with E-state index >= 15 is 0 Å². The molecule has 24 heavy (non-hydrogen) atoms. The zero-order chi connectivity index (χ0) is 17.9. The van der Waals surface area contributed by atoms with Gasteiger partial charge in [0, 0.05) is 12.2 Å². The Morgan fingerprint density at radius 3 is 2.50 bits per heavy atom. The van der Waals surface area contributed by atoms with Gasteiger partial charge in [-0.25, -0.2) is 14.0 Å². The number of halogens is 1. The summed E-state index contributed by atoms with van der Waals surface area (Å²) in [6.07, 6.45) is 0.820. The normalized spacial score (nSPS) is 18.0. The molecule has 2 amide bonds. The van der Waals surface area contributed by atoms with Crippen molar-refractivity contribution in [1.82, 2.24) is 10.2 Å². The van der Waals surface area contributed by atoms with E-state index in [2.05, 4.69) is 19.2 Å². The smallest absolute Gasteiger partial charge is 0.337 e. The molecule has 0 radical (unpaired) electrons. The maximum absolute atomic E-state index is 13.2. The molecule has 1 aromatic carbocycles. The third-order valence-electron chi connectivity index (χ3n) is 4.14. The zero-order valence-corrected chi connectivity index (χ0v) is 14.4. The Hall–Kier alpha value is -2.37. The Morgan fingerprint density at radius 1 is 1.33 bits per heavy atom. The highest BCUT2D eigenvalue weighted by Crippen LogP contribution is 2.31. The highest BCUT2D eigenvalue weighted by Gasteiger charge is 2.36. The molecule has 2 rings (SSSR count). The summed E-state index contributed by atoms with van der Waals surface area (Å²) in [4.78, 5) is 26.3. The van der Waals surface area contributed by atoms with Gasteiger partial charge < -0.3 is 10.1 Å². The summed E-state index contributed by atoms with van der Waals surface area (Å²) in [5.74, 6) is -0.446. The molecule has 0 bridgehead atoms. The van der Waals surface area contributed by atoms with E-state index in [0.29, 0.717) is 29.3 Å². The van der Waals surface area contributed by atoms with Crippen molar-refractivity contribution in [1.29, 1.82) is 0 Å². The highest BCUT2D eigenvalue weighted by atomic mass is 19.1. The van der Waals surface area contributed by atoms with Gasteiger partial charge in [-0.15, -0.1) is 0 Å². The van der Waals surface area contributed by atoms with E-state index in [4.69, 9.17) is 4.74 Å². The quantitative estimate of drug-likeness (QED) is 0.840. The molecule has 6 heteroatoms. The molecule has 1 aliphatic heterocycles. The average Bonchev–Trinajstić information content (AvgIpc) is 2.54. The number of rotatable bonds is 5. The Labute approximate surface area is 141 Å². The first-order chi connectivity index (χ1) is 11.3. The summed E-state index contributed by atoms with van der Waals surface area (Å²) in [6.45, 7) is 6.40. The molecule has 1 aliphatic rings. The van der Waals surface area contributed by atoms with Crippen molar-refractivity contribution in [2.24, 2.45) is 5.92 Å². The number of hydrogen-bond donors (Lipinski definition) is 1. The van der Waals surface area contributed by atoms with Crippen LogP contribution in [0.2, 0.25) is 0 Å². The number of urea groups is 1. The Kier molecular flexibility index (Phi) is 5.59. The standard InChI is InChI=1S/C18H23FN2O3/c1-11(2)9-10-21-12(3)15(17(22)24-4)16(20-18(21)23)13-5-7-14(19)8-6-13/h5-8,11,16H,9-10H2,1-4H3,(H,20,23). The number of carbonyl (C=O) groups excluding carboxylic acids is 2. The minimum Gasteiger partial charge on any atom is -0.466 e. The molecule has 1 N–H and O–H groups in total. The first-order valence-corrected chi connectivity index (χ1v) is 7.97. The highest BCUT2D eigenvalue weighted by molar-refractivity contribution is 5.94. The molecule has 0 spiro atoms. The van der Waals surface area contributed by atoms with Crippen LogP contribution in [0.25, 0.3) is 0 Å². The second-order valence-electron chi connectivity index (χ2n) is 6.26. The van der Waals surface area contributed by atoms with Crippen LogP contribution in [-0.4, -0.2) is 30.6 Å². The number of hydrogen-bond acceptors (Lipinski definition) is 3. The number of amides is 2. The Balaban J connectivity index is 2.43. The van der Waals surface area contributed by atoms with Crippen LogP contribution in [0.1, 0.15) is 38.8 Å². The third kappa shape index (κ3) is 3.75. The number of allylic oxidation sites excluding steroid dienone is 1. The molecule has 1 atom stereocenters. The van der Waals surface area contributed by atoms with Gasteiger partial charge in [-0.3, -0.25) is 4.90 Å². The predicted octanol–water partition coefficient (Wildman–Crippen LogP) is 3.39. The maximum Gasteiger partial charge on any atom is 0.337 e. The van der Waals surface area contributed by atoms with Crippen LogP contribution in [0.4, 0.5) is 9.18 Å². The fourth-order valence-electron chi connectivity index (χ4n) is 2.72. The lowest BCUT2D eigenvalue weighted by Crippen LogP contribution is -2.48. The number of ether oxygens (including phenoxy) is 1. The average molecular weight is 334 g/mol. The molecule has 5 nitrogen and oxygen atoms in total. The van der Waals surface area contributed by atoms with Gasteiger partial charge in [0.15, 0.2) is 0 Å². The summed E-state index contributed by atoms with van der Waals surface area (Å²) in [5, 5.41) is 2.83. The molecular formula is C18H23FN2O3. The summed E-state index contributed by atoms with van der Waals surface area (Å²) in [7, 11) is 1.30. The van der Waals surface area contributed by atoms with Crippen molar-refractivity contribution >= 4 is 12.0 Å². The minimum atomic E-state index is -0.652. The largest absolute Gasteiger partial charge is 0.466 e. The Bertz CT molecular complexity index is 653. The van der Waals surface area contributed by atoms with Crippen LogP contribution in [0.15, 0.2) is 35.5 Å². The van der Waals surface area contributed by atoms with Gasteiger partial charge in [0.1, 0.15) is 5.82 Å². The van der Waals surface area contributed by atoms with Gasteiger partial charge in [-0.05, 0) is 37.0 Å². The predicted molar refractivity (Wildman–Crippen MR) is 88.5 cm³/mol. The first kappa shape index (κ1) is 18.0. The summed E-state index contributed by atoms with van der Waals surface area (Å²) in [6, 6.07) is 4.80. The van der Waals surface area contributed by atoms with Crippen LogP contribution in [0.3, 0.4) is 0 Å². The molecule has 1 aromatic rings. The van der Waals surface area contributed by atoms with Gasteiger partial charge in [0.25, 0.3) is 0 Å². The second kappa shape index (κ2) is 7.47. The number of benzene rings is 1. The van der Waals surface area contributed by atoms with Crippen molar-refractivity contribution in [2.45, 2.75) is 33.2 Å². The lowest BCUT2D eigenvalue weighted by atomic mass is 9.94. The molecule has 0 saturated carbocycles. The number of methoxy groups -OCH3 is 1. The van der Waals surface area contributed by atoms with Crippen LogP contribution < -0.4 is 5.32 Å². The van der Waals surface area contributed by atoms with Crippen molar-refractivity contribution in [2.75, 3.05) is 13.7 Å². The molecule has 0 fully saturated rings. The minimum absolute atomic E-state index is 0.268. The lowest BCUT2D eigenvalue weighted by Gasteiger charge is -2.35. The molecular weight excluding hydrogens is 311 g/mol. The van der Waals surface area contributed by atoms with Gasteiger partial charge >= 0.3 is 12.0 Å². The fraction of sp³-hybridized carbons (Fsp3) is 0.444. The zero-order valence-electron chi connectivity index (χ0n) is 14.4. The number of esters is 1. The fourth-order valence-corrected chi connectivity index (χ4v) is 2.72. The van der Waals surface area contributed by atoms with E-state index in [1.54, 1.807) is 24.0 Å². The molecule has 130 valence electrons. The van der Waals surface area contributed by atoms with Crippen molar-refractivity contribution in [3.8, 4) is 0 Å². The summed E-state index contributed by atoms with van der Waals surface area (Å²) < 4.78 is 18.1. The van der Waals surface area contributed by atoms with E-state index in [-0.39, 0.29) is 11.8 Å². The lowest BCUT2D eigenvalue weighted by molar-refractivity contribution is -0.136. The first-order valence-electron chi connectivity index (χ1n) is 7.97. The molecule has 0 saturated heterocycles. The Morgan fingerprint density at radius 2 is 1.96 bits per heavy atom. The van der Waals surface area contributed by atoms with E-state index in [1.807, 2.05) is 0 Å². The van der Waals surface area contributed by atoms with E-state index < -0.39 is 12.0 Å². The van der Waals surface area contributed by atoms with Gasteiger partial charge in [-0.1, -0.05) is 26.0 Å². The molecule has 1 heterocycles. The molecule has 0 aromatic heterocycles. The van der Waals surface area contributed by atoms with Crippen molar-refractivity contribution in [3.63, 3.8) is 0 Å². The molecule has 0 aliphatic carbocycles. The van der Waals surface area contributed by atoms with Gasteiger partial charge in [-0.2, -0.15) is 0 Å². The van der Waals surface area contributed by atoms with Crippen molar-refractivity contribution in [3.05, 3.63) is 46.9 Å². The number of nitrogens with zero attached hydrogens (tertiary/aromatic N) is 1. The topological polar surface area (TPSA) is 58.6 Å². The summed E-state index contributed by atoms with van der Waals surface area (Å²) >= 11 is 0. The molecule has 1 unspecified atom stereocenters.